The molecule has 0 amide bonds. The Hall–Kier alpha value is -0.620. The van der Waals surface area contributed by atoms with Crippen molar-refractivity contribution in [1.82, 2.24) is 0 Å². The number of rotatable bonds is 4. The minimum atomic E-state index is 0. The number of quaternary nitrogens is 1. The molecule has 4 unspecified atom stereocenters. The molecule has 2 saturated heterocycles. The molecule has 2 bridgehead atoms. The van der Waals surface area contributed by atoms with Crippen LogP contribution in [-0.2, 0) is 9.53 Å². The summed E-state index contributed by atoms with van der Waals surface area (Å²) in [6.07, 6.45) is 9.37. The third-order valence-electron chi connectivity index (χ3n) is 7.83. The van der Waals surface area contributed by atoms with Crippen molar-refractivity contribution in [1.29, 1.82) is 0 Å². The third-order valence-corrected chi connectivity index (χ3v) is 7.83. The van der Waals surface area contributed by atoms with Crippen molar-refractivity contribution in [2.45, 2.75) is 82.4 Å². The molecule has 1 aliphatic carbocycles. The van der Waals surface area contributed by atoms with E-state index in [9.17, 15) is 4.79 Å². The Morgan fingerprint density at radius 2 is 1.67 bits per heavy atom. The first-order valence-corrected chi connectivity index (χ1v) is 10.7. The Kier molecular flexibility index (Phi) is 6.88. The molecule has 1 saturated carbocycles. The summed E-state index contributed by atoms with van der Waals surface area (Å²) in [5, 5.41) is 0. The highest BCUT2D eigenvalue weighted by Crippen LogP contribution is 2.43. The van der Waals surface area contributed by atoms with Crippen LogP contribution in [0.2, 0.25) is 0 Å². The van der Waals surface area contributed by atoms with E-state index in [1.54, 1.807) is 0 Å². The van der Waals surface area contributed by atoms with Crippen LogP contribution in [0.1, 0.15) is 69.8 Å². The summed E-state index contributed by atoms with van der Waals surface area (Å²) in [6.45, 7) is 3.51. The van der Waals surface area contributed by atoms with Gasteiger partial charge in [-0.2, -0.15) is 0 Å². The van der Waals surface area contributed by atoms with E-state index < -0.39 is 0 Å². The summed E-state index contributed by atoms with van der Waals surface area (Å²) in [5.41, 5.74) is 1.31. The van der Waals surface area contributed by atoms with Crippen LogP contribution in [0, 0.1) is 5.92 Å². The first-order chi connectivity index (χ1) is 12.6. The van der Waals surface area contributed by atoms with Crippen LogP contribution < -0.4 is 24.0 Å². The highest BCUT2D eigenvalue weighted by Gasteiger charge is 2.51. The number of ether oxygens (including phenoxy) is 1. The molecule has 2 aliphatic heterocycles. The Balaban J connectivity index is 0.00000210. The van der Waals surface area contributed by atoms with E-state index in [-0.39, 0.29) is 42.0 Å². The molecular formula is C23H34INO2. The molecule has 6 atom stereocenters. The van der Waals surface area contributed by atoms with Crippen LogP contribution in [0.5, 0.6) is 0 Å². The van der Waals surface area contributed by atoms with Gasteiger partial charge < -0.3 is 33.2 Å². The van der Waals surface area contributed by atoms with Gasteiger partial charge in [-0.25, -0.2) is 0 Å². The predicted octanol–water partition coefficient (Wildman–Crippen LogP) is 1.67. The summed E-state index contributed by atoms with van der Waals surface area (Å²) >= 11 is 0. The van der Waals surface area contributed by atoms with Crippen molar-refractivity contribution in [2.75, 3.05) is 13.6 Å². The minimum Gasteiger partial charge on any atom is -1.00 e. The molecule has 3 fully saturated rings. The summed E-state index contributed by atoms with van der Waals surface area (Å²) in [5.74, 6) is 0.475. The van der Waals surface area contributed by atoms with Gasteiger partial charge in [0.05, 0.1) is 31.6 Å². The Labute approximate surface area is 181 Å². The fourth-order valence-electron chi connectivity index (χ4n) is 6.07. The largest absolute Gasteiger partial charge is 1.00 e. The van der Waals surface area contributed by atoms with Gasteiger partial charge in [0.25, 0.3) is 0 Å². The molecule has 4 rings (SSSR count). The number of piperidine rings is 1. The van der Waals surface area contributed by atoms with Crippen molar-refractivity contribution >= 4 is 5.97 Å². The van der Waals surface area contributed by atoms with Crippen LogP contribution >= 0.6 is 0 Å². The average molecular weight is 483 g/mol. The highest BCUT2D eigenvalue weighted by atomic mass is 127. The molecule has 1 aromatic rings. The Bertz CT molecular complexity index is 621. The van der Waals surface area contributed by atoms with E-state index in [2.05, 4.69) is 44.3 Å². The molecular weight excluding hydrogens is 449 g/mol. The van der Waals surface area contributed by atoms with Gasteiger partial charge in [-0.05, 0) is 31.2 Å². The SMILES string of the molecule is CC[N+]1(C)[C@@H]2CC[C@H]1CC(OC(=O)C1CCCCC1c1ccccc1)C2.[I-]. The smallest absolute Gasteiger partial charge is 0.309 e. The van der Waals surface area contributed by atoms with E-state index in [4.69, 9.17) is 4.74 Å². The zero-order chi connectivity index (χ0) is 18.1. The van der Waals surface area contributed by atoms with E-state index in [0.717, 1.165) is 32.1 Å². The van der Waals surface area contributed by atoms with E-state index >= 15 is 0 Å². The maximum absolute atomic E-state index is 13.1. The summed E-state index contributed by atoms with van der Waals surface area (Å²) in [7, 11) is 2.41. The van der Waals surface area contributed by atoms with Crippen molar-refractivity contribution in [2.24, 2.45) is 5.92 Å². The van der Waals surface area contributed by atoms with Gasteiger partial charge in [-0.3, -0.25) is 4.79 Å². The lowest BCUT2D eigenvalue weighted by Gasteiger charge is -2.46. The van der Waals surface area contributed by atoms with Gasteiger partial charge in [-0.15, -0.1) is 0 Å². The molecule has 4 heteroatoms. The summed E-state index contributed by atoms with van der Waals surface area (Å²) < 4.78 is 7.35. The predicted molar refractivity (Wildman–Crippen MR) is 104 cm³/mol. The first kappa shape index (κ1) is 21.1. The second-order valence-corrected chi connectivity index (χ2v) is 8.99. The van der Waals surface area contributed by atoms with Gasteiger partial charge >= 0.3 is 5.97 Å². The third kappa shape index (κ3) is 4.07. The molecule has 0 radical (unpaired) electrons. The van der Waals surface area contributed by atoms with Crippen LogP contribution in [-0.4, -0.2) is 42.2 Å². The number of hydrogen-bond acceptors (Lipinski definition) is 2. The van der Waals surface area contributed by atoms with Crippen molar-refractivity contribution < 1.29 is 38.0 Å². The second kappa shape index (κ2) is 8.81. The number of benzene rings is 1. The molecule has 0 N–H and O–H groups in total. The molecule has 0 aromatic heterocycles. The number of nitrogens with zero attached hydrogens (tertiary/aromatic N) is 1. The number of fused-ring (bicyclic) bond motifs is 2. The van der Waals surface area contributed by atoms with Gasteiger partial charge in [0, 0.05) is 25.7 Å². The lowest BCUT2D eigenvalue weighted by Crippen LogP contribution is -3.00. The monoisotopic (exact) mass is 483 g/mol. The zero-order valence-electron chi connectivity index (χ0n) is 16.8. The number of halogens is 1. The van der Waals surface area contributed by atoms with Gasteiger partial charge in [0.15, 0.2) is 0 Å². The van der Waals surface area contributed by atoms with Crippen molar-refractivity contribution in [3.05, 3.63) is 35.9 Å². The molecule has 2 heterocycles. The molecule has 3 nitrogen and oxygen atoms in total. The lowest BCUT2D eigenvalue weighted by molar-refractivity contribution is -0.947. The maximum atomic E-state index is 13.1. The van der Waals surface area contributed by atoms with E-state index in [1.165, 1.54) is 35.9 Å². The standard InChI is InChI=1S/C23H34NO2.HI/c1-3-24(2)18-13-14-19(24)16-20(15-18)26-23(25)22-12-8-7-11-21(22)17-9-5-4-6-10-17;/h4-6,9-10,18-22H,3,7-8,11-16H2,1-2H3;1H/q+1;/p-1/t18-,19+,20?,21?,22?,24?;. The first-order valence-electron chi connectivity index (χ1n) is 10.7. The summed E-state index contributed by atoms with van der Waals surface area (Å²) in [4.78, 5) is 13.1. The highest BCUT2D eigenvalue weighted by molar-refractivity contribution is 5.74. The van der Waals surface area contributed by atoms with Gasteiger partial charge in [0.2, 0.25) is 0 Å². The van der Waals surface area contributed by atoms with Crippen LogP contribution in [0.25, 0.3) is 0 Å². The number of hydrogen-bond donors (Lipinski definition) is 0. The van der Waals surface area contributed by atoms with Crippen molar-refractivity contribution in [3.8, 4) is 0 Å². The molecule has 0 spiro atoms. The topological polar surface area (TPSA) is 26.3 Å². The summed E-state index contributed by atoms with van der Waals surface area (Å²) in [6, 6.07) is 12.0. The number of esters is 1. The number of carbonyl (C=O) groups is 1. The molecule has 150 valence electrons. The number of carbonyl (C=O) groups excluding carboxylic acids is 1. The normalized spacial score (nSPS) is 38.1. The van der Waals surface area contributed by atoms with E-state index in [0.29, 0.717) is 18.0 Å². The quantitative estimate of drug-likeness (QED) is 0.370. The van der Waals surface area contributed by atoms with Crippen LogP contribution in [0.4, 0.5) is 0 Å². The fraction of sp³-hybridized carbons (Fsp3) is 0.696. The van der Waals surface area contributed by atoms with Crippen molar-refractivity contribution in [3.63, 3.8) is 0 Å². The minimum absolute atomic E-state index is 0. The van der Waals surface area contributed by atoms with Crippen LogP contribution in [0.15, 0.2) is 30.3 Å². The molecule has 27 heavy (non-hydrogen) atoms. The Morgan fingerprint density at radius 3 is 2.30 bits per heavy atom. The zero-order valence-corrected chi connectivity index (χ0v) is 18.9. The average Bonchev–Trinajstić information content (AvgIpc) is 2.85. The van der Waals surface area contributed by atoms with Gasteiger partial charge in [0.1, 0.15) is 6.10 Å². The molecule has 1 aromatic carbocycles. The fourth-order valence-corrected chi connectivity index (χ4v) is 6.07. The lowest BCUT2D eigenvalue weighted by atomic mass is 9.75. The Morgan fingerprint density at radius 1 is 1.04 bits per heavy atom. The van der Waals surface area contributed by atoms with Crippen LogP contribution in [0.3, 0.4) is 0 Å². The molecule has 3 aliphatic rings. The maximum Gasteiger partial charge on any atom is 0.309 e. The second-order valence-electron chi connectivity index (χ2n) is 8.99. The van der Waals surface area contributed by atoms with E-state index in [1.807, 2.05) is 0 Å². The van der Waals surface area contributed by atoms with Gasteiger partial charge in [-0.1, -0.05) is 43.2 Å².